The fraction of sp³-hybridized carbons (Fsp3) is 0.160. The molecule has 3 rings (SSSR count). The normalized spacial score (nSPS) is 10.5. The molecule has 0 saturated carbocycles. The molecule has 0 aliphatic heterocycles. The summed E-state index contributed by atoms with van der Waals surface area (Å²) in [6.07, 6.45) is 0. The Hall–Kier alpha value is -3.44. The minimum absolute atomic E-state index is 0.0426. The Bertz CT molecular complexity index is 1040. The highest BCUT2D eigenvalue weighted by molar-refractivity contribution is 5.86. The van der Waals surface area contributed by atoms with Gasteiger partial charge in [0.05, 0.1) is 6.61 Å². The molecule has 0 aromatic heterocycles. The Morgan fingerprint density at radius 2 is 1.70 bits per heavy atom. The van der Waals surface area contributed by atoms with Crippen LogP contribution in [-0.4, -0.2) is 24.3 Å². The van der Waals surface area contributed by atoms with Gasteiger partial charge in [0.1, 0.15) is 24.8 Å². The molecule has 0 amide bonds. The summed E-state index contributed by atoms with van der Waals surface area (Å²) >= 11 is 0. The summed E-state index contributed by atoms with van der Waals surface area (Å²) in [4.78, 5) is 11.4. The fourth-order valence-electron chi connectivity index (χ4n) is 2.96. The Morgan fingerprint density at radius 3 is 2.37 bits per heavy atom. The zero-order valence-corrected chi connectivity index (χ0v) is 16.7. The number of carbonyl (C=O) groups is 1. The maximum Gasteiger partial charge on any atom is 0.333 e. The van der Waals surface area contributed by atoms with Crippen LogP contribution in [0.4, 0.5) is 4.39 Å². The minimum Gasteiger partial charge on any atom is -0.490 e. The van der Waals surface area contributed by atoms with E-state index in [1.54, 1.807) is 31.2 Å². The van der Waals surface area contributed by atoms with Gasteiger partial charge in [0.15, 0.2) is 0 Å². The van der Waals surface area contributed by atoms with Crippen LogP contribution in [0.15, 0.2) is 78.9 Å². The number of aliphatic hydroxyl groups excluding tert-OH is 1. The summed E-state index contributed by atoms with van der Waals surface area (Å²) < 4.78 is 25.5. The third kappa shape index (κ3) is 5.13. The van der Waals surface area contributed by atoms with Crippen molar-refractivity contribution in [2.45, 2.75) is 13.5 Å². The van der Waals surface area contributed by atoms with Gasteiger partial charge in [-0.2, -0.15) is 0 Å². The van der Waals surface area contributed by atoms with Crippen molar-refractivity contribution in [1.29, 1.82) is 0 Å². The highest BCUT2D eigenvalue weighted by atomic mass is 19.1. The molecular formula is C25H23FO4. The second kappa shape index (κ2) is 9.85. The molecule has 0 radical (unpaired) electrons. The molecule has 154 valence electrons. The molecule has 0 aliphatic carbocycles. The largest absolute Gasteiger partial charge is 0.490 e. The molecule has 5 heteroatoms. The van der Waals surface area contributed by atoms with Crippen LogP contribution in [0.1, 0.15) is 12.5 Å². The molecule has 0 bridgehead atoms. The van der Waals surface area contributed by atoms with E-state index in [0.29, 0.717) is 28.0 Å². The van der Waals surface area contributed by atoms with Crippen molar-refractivity contribution in [3.63, 3.8) is 0 Å². The van der Waals surface area contributed by atoms with E-state index in [1.165, 1.54) is 6.07 Å². The van der Waals surface area contributed by atoms with Gasteiger partial charge in [-0.25, -0.2) is 9.18 Å². The number of hydrogen-bond acceptors (Lipinski definition) is 4. The monoisotopic (exact) mass is 406 g/mol. The zero-order chi connectivity index (χ0) is 21.5. The van der Waals surface area contributed by atoms with Gasteiger partial charge >= 0.3 is 5.97 Å². The first-order valence-electron chi connectivity index (χ1n) is 9.54. The number of esters is 1. The number of halogens is 1. The average molecular weight is 406 g/mol. The lowest BCUT2D eigenvalue weighted by Gasteiger charge is -2.13. The van der Waals surface area contributed by atoms with Crippen molar-refractivity contribution in [2.75, 3.05) is 13.2 Å². The first kappa shape index (κ1) is 21.3. The highest BCUT2D eigenvalue weighted by Gasteiger charge is 2.12. The van der Waals surface area contributed by atoms with Gasteiger partial charge in [0.2, 0.25) is 0 Å². The van der Waals surface area contributed by atoms with Crippen LogP contribution in [-0.2, 0) is 16.1 Å². The predicted octanol–water partition coefficient (Wildman–Crippen LogP) is 5.15. The highest BCUT2D eigenvalue weighted by Crippen LogP contribution is 2.31. The van der Waals surface area contributed by atoms with Crippen LogP contribution in [0.3, 0.4) is 0 Å². The van der Waals surface area contributed by atoms with Crippen LogP contribution in [0.2, 0.25) is 0 Å². The van der Waals surface area contributed by atoms with Crippen molar-refractivity contribution < 1.29 is 23.8 Å². The van der Waals surface area contributed by atoms with Crippen molar-refractivity contribution in [2.24, 2.45) is 0 Å². The van der Waals surface area contributed by atoms with E-state index in [4.69, 9.17) is 9.47 Å². The first-order chi connectivity index (χ1) is 14.5. The molecule has 0 atom stereocenters. The Morgan fingerprint density at radius 1 is 0.967 bits per heavy atom. The summed E-state index contributed by atoms with van der Waals surface area (Å²) in [5, 5.41) is 9.56. The second-order valence-electron chi connectivity index (χ2n) is 6.81. The number of ether oxygens (including phenoxy) is 2. The van der Waals surface area contributed by atoms with Gasteiger partial charge < -0.3 is 14.6 Å². The minimum atomic E-state index is -0.490. The number of benzene rings is 3. The lowest BCUT2D eigenvalue weighted by atomic mass is 9.98. The number of rotatable bonds is 8. The standard InChI is InChI=1S/C25H23FO4/c1-17(2)25(28)30-13-12-29-24-15-20(8-9-21(24)16-27)22-11-10-19(14-23(22)26)18-6-4-3-5-7-18/h3-11,14-15,27H,1,12-13,16H2,2H3. The topological polar surface area (TPSA) is 55.8 Å². The summed E-state index contributed by atoms with van der Waals surface area (Å²) in [6, 6.07) is 19.8. The summed E-state index contributed by atoms with van der Waals surface area (Å²) in [5.74, 6) is -0.433. The average Bonchev–Trinajstić information content (AvgIpc) is 2.77. The van der Waals surface area contributed by atoms with Crippen molar-refractivity contribution >= 4 is 5.97 Å². The smallest absolute Gasteiger partial charge is 0.333 e. The van der Waals surface area contributed by atoms with Gasteiger partial charge in [-0.15, -0.1) is 0 Å². The molecule has 0 heterocycles. The van der Waals surface area contributed by atoms with Crippen LogP contribution in [0.25, 0.3) is 22.3 Å². The molecule has 1 N–H and O–H groups in total. The molecule has 0 aliphatic rings. The quantitative estimate of drug-likeness (QED) is 0.319. The van der Waals surface area contributed by atoms with Crippen LogP contribution < -0.4 is 4.74 Å². The summed E-state index contributed by atoms with van der Waals surface area (Å²) in [7, 11) is 0. The van der Waals surface area contributed by atoms with Gasteiger partial charge in [-0.05, 0) is 35.7 Å². The Balaban J connectivity index is 1.78. The van der Waals surface area contributed by atoms with E-state index in [0.717, 1.165) is 11.1 Å². The number of carbonyl (C=O) groups excluding carboxylic acids is 1. The summed E-state index contributed by atoms with van der Waals surface area (Å²) in [5.41, 5.74) is 3.65. The number of aliphatic hydroxyl groups is 1. The Labute approximate surface area is 175 Å². The van der Waals surface area contributed by atoms with Crippen LogP contribution >= 0.6 is 0 Å². The van der Waals surface area contributed by atoms with Gasteiger partial charge in [-0.3, -0.25) is 0 Å². The van der Waals surface area contributed by atoms with Gasteiger partial charge in [0, 0.05) is 16.7 Å². The van der Waals surface area contributed by atoms with Gasteiger partial charge in [0.25, 0.3) is 0 Å². The van der Waals surface area contributed by atoms with E-state index >= 15 is 0 Å². The van der Waals surface area contributed by atoms with E-state index < -0.39 is 5.97 Å². The molecule has 4 nitrogen and oxygen atoms in total. The lowest BCUT2D eigenvalue weighted by molar-refractivity contribution is -0.139. The molecule has 3 aromatic carbocycles. The van der Waals surface area contributed by atoms with E-state index in [2.05, 4.69) is 6.58 Å². The fourth-order valence-corrected chi connectivity index (χ4v) is 2.96. The lowest BCUT2D eigenvalue weighted by Crippen LogP contribution is -2.13. The molecule has 3 aromatic rings. The maximum absolute atomic E-state index is 14.9. The predicted molar refractivity (Wildman–Crippen MR) is 114 cm³/mol. The number of hydrogen-bond donors (Lipinski definition) is 1. The second-order valence-corrected chi connectivity index (χ2v) is 6.81. The molecule has 0 spiro atoms. The molecule has 30 heavy (non-hydrogen) atoms. The molecule has 0 unspecified atom stereocenters. The van der Waals surface area contributed by atoms with E-state index in [-0.39, 0.29) is 25.6 Å². The third-order valence-electron chi connectivity index (χ3n) is 4.55. The van der Waals surface area contributed by atoms with Gasteiger partial charge in [-0.1, -0.05) is 61.2 Å². The third-order valence-corrected chi connectivity index (χ3v) is 4.55. The van der Waals surface area contributed by atoms with E-state index in [9.17, 15) is 14.3 Å². The Kier molecular flexibility index (Phi) is 6.99. The van der Waals surface area contributed by atoms with Crippen molar-refractivity contribution in [3.8, 4) is 28.0 Å². The molecule has 0 saturated heterocycles. The maximum atomic E-state index is 14.9. The summed E-state index contributed by atoms with van der Waals surface area (Å²) in [6.45, 7) is 5.00. The molecular weight excluding hydrogens is 383 g/mol. The van der Waals surface area contributed by atoms with Crippen LogP contribution in [0, 0.1) is 5.82 Å². The first-order valence-corrected chi connectivity index (χ1v) is 9.54. The van der Waals surface area contributed by atoms with Crippen molar-refractivity contribution in [3.05, 3.63) is 90.3 Å². The molecule has 0 fully saturated rings. The van der Waals surface area contributed by atoms with E-state index in [1.807, 2.05) is 36.4 Å². The van der Waals surface area contributed by atoms with Crippen molar-refractivity contribution in [1.82, 2.24) is 0 Å². The SMILES string of the molecule is C=C(C)C(=O)OCCOc1cc(-c2ccc(-c3ccccc3)cc2F)ccc1CO. The zero-order valence-electron chi connectivity index (χ0n) is 16.7. The van der Waals surface area contributed by atoms with Crippen LogP contribution in [0.5, 0.6) is 5.75 Å².